The van der Waals surface area contributed by atoms with Gasteiger partial charge in [-0.2, -0.15) is 0 Å². The largest absolute Gasteiger partial charge is 0.507 e. The van der Waals surface area contributed by atoms with Gasteiger partial charge in [0.1, 0.15) is 5.76 Å². The Bertz CT molecular complexity index is 677. The zero-order valence-electron chi connectivity index (χ0n) is 13.6. The first-order valence-electron chi connectivity index (χ1n) is 9.15. The maximum Gasteiger partial charge on any atom is 0.163 e. The van der Waals surface area contributed by atoms with E-state index in [2.05, 4.69) is 0 Å². The molecule has 4 fully saturated rings. The number of aliphatic hydroxyl groups excluding tert-OH is 1. The van der Waals surface area contributed by atoms with Gasteiger partial charge < -0.3 is 5.11 Å². The number of rotatable bonds is 3. The minimum atomic E-state index is 0.209. The van der Waals surface area contributed by atoms with Crippen molar-refractivity contribution in [2.75, 3.05) is 0 Å². The molecule has 0 saturated heterocycles. The molecule has 0 heterocycles. The molecule has 120 valence electrons. The van der Waals surface area contributed by atoms with Gasteiger partial charge in [0, 0.05) is 24.0 Å². The first kappa shape index (κ1) is 13.8. The van der Waals surface area contributed by atoms with Crippen LogP contribution in [0.3, 0.4) is 0 Å². The van der Waals surface area contributed by atoms with Crippen molar-refractivity contribution >= 4 is 11.5 Å². The monoisotopic (exact) mass is 308 g/mol. The molecule has 4 saturated carbocycles. The highest BCUT2D eigenvalue weighted by atomic mass is 16.3. The number of Topliss-reactive ketones (excluding diaryl/α,β-unsaturated/α-hetero) is 1. The summed E-state index contributed by atoms with van der Waals surface area (Å²) in [6.07, 6.45) is 9.28. The molecule has 2 heteroatoms. The maximum absolute atomic E-state index is 13.0. The Labute approximate surface area is 137 Å². The number of hydrogen-bond donors (Lipinski definition) is 1. The third kappa shape index (κ3) is 2.10. The highest BCUT2D eigenvalue weighted by Gasteiger charge is 2.51. The van der Waals surface area contributed by atoms with Crippen LogP contribution in [0.15, 0.2) is 29.8 Å². The molecule has 0 aromatic heterocycles. The van der Waals surface area contributed by atoms with Gasteiger partial charge in [0.25, 0.3) is 0 Å². The van der Waals surface area contributed by atoms with Crippen molar-refractivity contribution in [3.63, 3.8) is 0 Å². The molecular weight excluding hydrogens is 284 g/mol. The Kier molecular flexibility index (Phi) is 2.84. The topological polar surface area (TPSA) is 37.3 Å². The number of allylic oxidation sites excluding steroid dienone is 1. The van der Waals surface area contributed by atoms with E-state index in [1.165, 1.54) is 38.5 Å². The van der Waals surface area contributed by atoms with Crippen LogP contribution in [0.5, 0.6) is 0 Å². The molecule has 0 aliphatic heterocycles. The summed E-state index contributed by atoms with van der Waals surface area (Å²) >= 11 is 0. The van der Waals surface area contributed by atoms with E-state index in [-0.39, 0.29) is 17.0 Å². The van der Waals surface area contributed by atoms with E-state index in [0.29, 0.717) is 18.4 Å². The van der Waals surface area contributed by atoms with Gasteiger partial charge in [0.05, 0.1) is 0 Å². The Morgan fingerprint density at radius 3 is 2.26 bits per heavy atom. The lowest BCUT2D eigenvalue weighted by Gasteiger charge is -2.56. The van der Waals surface area contributed by atoms with Gasteiger partial charge in [0.15, 0.2) is 5.78 Å². The lowest BCUT2D eigenvalue weighted by molar-refractivity contribution is -0.123. The smallest absolute Gasteiger partial charge is 0.163 e. The predicted molar refractivity (Wildman–Crippen MR) is 89.9 cm³/mol. The molecule has 23 heavy (non-hydrogen) atoms. The number of aliphatic hydroxyl groups is 1. The fourth-order valence-corrected chi connectivity index (χ4v) is 6.53. The molecule has 1 N–H and O–H groups in total. The second-order valence-corrected chi connectivity index (χ2v) is 8.68. The molecule has 0 spiro atoms. The van der Waals surface area contributed by atoms with E-state index >= 15 is 0 Å². The molecule has 5 aliphatic rings. The Hall–Kier alpha value is -1.57. The Morgan fingerprint density at radius 2 is 1.65 bits per heavy atom. The van der Waals surface area contributed by atoms with Crippen LogP contribution < -0.4 is 0 Å². The molecule has 1 aromatic rings. The van der Waals surface area contributed by atoms with E-state index in [4.69, 9.17) is 0 Å². The van der Waals surface area contributed by atoms with Crippen molar-refractivity contribution in [2.24, 2.45) is 23.2 Å². The van der Waals surface area contributed by atoms with E-state index in [1.807, 2.05) is 24.3 Å². The van der Waals surface area contributed by atoms with Crippen LogP contribution in [0.1, 0.15) is 56.1 Å². The summed E-state index contributed by atoms with van der Waals surface area (Å²) in [7, 11) is 0. The molecule has 1 aromatic carbocycles. The van der Waals surface area contributed by atoms with Crippen molar-refractivity contribution in [2.45, 2.75) is 51.4 Å². The van der Waals surface area contributed by atoms with Crippen LogP contribution >= 0.6 is 0 Å². The molecule has 0 amide bonds. The maximum atomic E-state index is 13.0. The number of carbonyl (C=O) groups excluding carboxylic acids is 1. The summed E-state index contributed by atoms with van der Waals surface area (Å²) in [6.45, 7) is 0. The van der Waals surface area contributed by atoms with Gasteiger partial charge in [0.2, 0.25) is 0 Å². The molecule has 6 rings (SSSR count). The lowest BCUT2D eigenvalue weighted by Crippen LogP contribution is -2.47. The first-order valence-corrected chi connectivity index (χ1v) is 9.15. The average molecular weight is 308 g/mol. The Balaban J connectivity index is 1.40. The van der Waals surface area contributed by atoms with Crippen LogP contribution in [0.4, 0.5) is 0 Å². The number of hydrogen-bond acceptors (Lipinski definition) is 2. The number of ketones is 1. The third-order valence-electron chi connectivity index (χ3n) is 6.96. The predicted octanol–water partition coefficient (Wildman–Crippen LogP) is 4.69. The van der Waals surface area contributed by atoms with Crippen LogP contribution in [0, 0.1) is 23.2 Å². The Morgan fingerprint density at radius 1 is 1.04 bits per heavy atom. The summed E-state index contributed by atoms with van der Waals surface area (Å²) in [5.41, 5.74) is 2.88. The lowest BCUT2D eigenvalue weighted by atomic mass is 9.48. The van der Waals surface area contributed by atoms with Crippen molar-refractivity contribution in [1.82, 2.24) is 0 Å². The van der Waals surface area contributed by atoms with Crippen molar-refractivity contribution in [3.05, 3.63) is 41.0 Å². The van der Waals surface area contributed by atoms with Gasteiger partial charge in [-0.25, -0.2) is 0 Å². The number of carbonyl (C=O) groups is 1. The van der Waals surface area contributed by atoms with Gasteiger partial charge in [-0.05, 0) is 67.3 Å². The van der Waals surface area contributed by atoms with Crippen LogP contribution in [-0.4, -0.2) is 10.9 Å². The van der Waals surface area contributed by atoms with Crippen molar-refractivity contribution in [3.8, 4) is 0 Å². The molecule has 0 radical (unpaired) electrons. The van der Waals surface area contributed by atoms with Gasteiger partial charge in [-0.3, -0.25) is 4.79 Å². The highest BCUT2D eigenvalue weighted by molar-refractivity contribution is 6.04. The molecule has 5 aliphatic carbocycles. The second-order valence-electron chi connectivity index (χ2n) is 8.68. The average Bonchev–Trinajstić information content (AvgIpc) is 2.83. The quantitative estimate of drug-likeness (QED) is 0.879. The van der Waals surface area contributed by atoms with Crippen LogP contribution in [0.25, 0.3) is 5.76 Å². The van der Waals surface area contributed by atoms with Gasteiger partial charge >= 0.3 is 0 Å². The third-order valence-corrected chi connectivity index (χ3v) is 6.96. The molecule has 0 unspecified atom stereocenters. The van der Waals surface area contributed by atoms with E-state index < -0.39 is 0 Å². The van der Waals surface area contributed by atoms with Crippen molar-refractivity contribution in [1.29, 1.82) is 0 Å². The van der Waals surface area contributed by atoms with Crippen LogP contribution in [-0.2, 0) is 11.2 Å². The summed E-state index contributed by atoms with van der Waals surface area (Å²) in [4.78, 5) is 13.0. The fourth-order valence-electron chi connectivity index (χ4n) is 6.53. The summed E-state index contributed by atoms with van der Waals surface area (Å²) < 4.78 is 0. The summed E-state index contributed by atoms with van der Waals surface area (Å²) in [5, 5.41) is 10.5. The van der Waals surface area contributed by atoms with E-state index in [1.54, 1.807) is 0 Å². The molecule has 0 atom stereocenters. The first-order chi connectivity index (χ1) is 11.1. The zero-order chi connectivity index (χ0) is 15.6. The molecule has 4 bridgehead atoms. The number of fused-ring (bicyclic) bond motifs is 1. The normalized spacial score (nSPS) is 37.3. The summed E-state index contributed by atoms with van der Waals surface area (Å²) in [6, 6.07) is 7.87. The minimum Gasteiger partial charge on any atom is -0.507 e. The zero-order valence-corrected chi connectivity index (χ0v) is 13.6. The molecular formula is C21H24O2. The minimum absolute atomic E-state index is 0.209. The van der Waals surface area contributed by atoms with Crippen molar-refractivity contribution < 1.29 is 9.90 Å². The van der Waals surface area contributed by atoms with E-state index in [9.17, 15) is 9.90 Å². The summed E-state index contributed by atoms with van der Waals surface area (Å²) in [5.74, 6) is 3.07. The second kappa shape index (κ2) is 4.72. The standard InChI is InChI=1S/C21H24O2/c22-19(18-8-16-3-1-2-4-17(16)20(18)23)12-21-9-13-5-14(10-21)7-15(6-13)11-21/h1-4,13-15,23H,5-12H2. The SMILES string of the molecule is O=C(CC12CC3CC(CC(C3)C1)C2)C1=C(O)c2ccccc2C1. The van der Waals surface area contributed by atoms with Gasteiger partial charge in [-0.15, -0.1) is 0 Å². The fraction of sp³-hybridized carbons (Fsp3) is 0.571. The van der Waals surface area contributed by atoms with Crippen LogP contribution in [0.2, 0.25) is 0 Å². The molecule has 2 nitrogen and oxygen atoms in total. The van der Waals surface area contributed by atoms with Gasteiger partial charge in [-0.1, -0.05) is 24.3 Å². The van der Waals surface area contributed by atoms with E-state index in [0.717, 1.165) is 28.9 Å². The number of benzene rings is 1. The highest BCUT2D eigenvalue weighted by Crippen LogP contribution is 2.61.